The van der Waals surface area contributed by atoms with E-state index in [0.29, 0.717) is 39.1 Å². The van der Waals surface area contributed by atoms with Crippen molar-refractivity contribution in [1.82, 2.24) is 10.2 Å². The van der Waals surface area contributed by atoms with E-state index in [-0.39, 0.29) is 35.7 Å². The van der Waals surface area contributed by atoms with Crippen LogP contribution in [0.3, 0.4) is 0 Å². The number of nitrogens with two attached hydrogens (primary N) is 1. The molecule has 3 N–H and O–H groups in total. The molecule has 1 aromatic carbocycles. The van der Waals surface area contributed by atoms with Crippen LogP contribution in [0.25, 0.3) is 0 Å². The Morgan fingerprint density at radius 3 is 2.61 bits per heavy atom. The van der Waals surface area contributed by atoms with Crippen molar-refractivity contribution < 1.29 is 14.3 Å². The number of carbonyl (C=O) groups excluding carboxylic acids is 2. The van der Waals surface area contributed by atoms with Gasteiger partial charge in [0.05, 0.1) is 12.6 Å². The van der Waals surface area contributed by atoms with Gasteiger partial charge in [-0.1, -0.05) is 37.5 Å². The van der Waals surface area contributed by atoms with Gasteiger partial charge in [-0.25, -0.2) is 0 Å². The van der Waals surface area contributed by atoms with Crippen LogP contribution >= 0.6 is 12.4 Å². The van der Waals surface area contributed by atoms with E-state index in [0.717, 1.165) is 31.4 Å². The molecule has 0 aromatic heterocycles. The smallest absolute Gasteiger partial charge is 0.224 e. The summed E-state index contributed by atoms with van der Waals surface area (Å²) in [5, 5.41) is 3.06. The highest BCUT2D eigenvalue weighted by molar-refractivity contribution is 5.85. The predicted molar refractivity (Wildman–Crippen MR) is 112 cm³/mol. The molecule has 0 radical (unpaired) electrons. The fraction of sp³-hybridized carbons (Fsp3) is 0.619. The Morgan fingerprint density at radius 1 is 1.21 bits per heavy atom. The number of nitrogens with one attached hydrogen (secondary N) is 1. The first-order valence-electron chi connectivity index (χ1n) is 10.1. The van der Waals surface area contributed by atoms with Crippen molar-refractivity contribution in [2.24, 2.45) is 11.1 Å². The Bertz CT molecular complexity index is 635. The highest BCUT2D eigenvalue weighted by Gasteiger charge is 2.35. The Kier molecular flexibility index (Phi) is 8.58. The normalized spacial score (nSPS) is 21.1. The van der Waals surface area contributed by atoms with Crippen molar-refractivity contribution in [3.8, 4) is 5.75 Å². The zero-order chi connectivity index (χ0) is 19.1. The van der Waals surface area contributed by atoms with Gasteiger partial charge >= 0.3 is 0 Å². The number of amides is 2. The van der Waals surface area contributed by atoms with Gasteiger partial charge in [0.15, 0.2) is 0 Å². The van der Waals surface area contributed by atoms with Crippen molar-refractivity contribution in [2.75, 3.05) is 26.2 Å². The zero-order valence-electron chi connectivity index (χ0n) is 16.4. The Morgan fingerprint density at radius 2 is 1.93 bits per heavy atom. The lowest BCUT2D eigenvalue weighted by atomic mass is 9.71. The van der Waals surface area contributed by atoms with Gasteiger partial charge in [-0.05, 0) is 36.9 Å². The summed E-state index contributed by atoms with van der Waals surface area (Å²) in [7, 11) is 0. The number of para-hydroxylation sites is 1. The number of hydrogen-bond acceptors (Lipinski definition) is 4. The van der Waals surface area contributed by atoms with Crippen LogP contribution < -0.4 is 15.8 Å². The van der Waals surface area contributed by atoms with E-state index in [9.17, 15) is 9.59 Å². The molecule has 1 aromatic rings. The van der Waals surface area contributed by atoms with Crippen LogP contribution in [-0.4, -0.2) is 49.0 Å². The second-order valence-corrected chi connectivity index (χ2v) is 7.91. The number of likely N-dealkylation sites (tertiary alicyclic amines) is 1. The Labute approximate surface area is 173 Å². The van der Waals surface area contributed by atoms with Crippen LogP contribution in [0.15, 0.2) is 30.3 Å². The molecule has 1 atom stereocenters. The molecule has 28 heavy (non-hydrogen) atoms. The van der Waals surface area contributed by atoms with Crippen LogP contribution in [0.5, 0.6) is 5.75 Å². The van der Waals surface area contributed by atoms with Crippen molar-refractivity contribution in [3.05, 3.63) is 30.3 Å². The zero-order valence-corrected chi connectivity index (χ0v) is 17.2. The summed E-state index contributed by atoms with van der Waals surface area (Å²) in [4.78, 5) is 26.5. The Balaban J connectivity index is 0.00000280. The third-order valence-electron chi connectivity index (χ3n) is 5.84. The third-order valence-corrected chi connectivity index (χ3v) is 5.84. The molecule has 0 bridgehead atoms. The maximum Gasteiger partial charge on any atom is 0.224 e. The van der Waals surface area contributed by atoms with Crippen LogP contribution in [-0.2, 0) is 9.59 Å². The van der Waals surface area contributed by atoms with Crippen LogP contribution in [0.4, 0.5) is 0 Å². The maximum atomic E-state index is 12.5. The molecular weight excluding hydrogens is 378 g/mol. The minimum atomic E-state index is -0.111. The van der Waals surface area contributed by atoms with E-state index in [1.54, 1.807) is 4.90 Å². The van der Waals surface area contributed by atoms with E-state index < -0.39 is 0 Å². The molecule has 1 aliphatic carbocycles. The number of nitrogens with zero attached hydrogens (tertiary/aromatic N) is 1. The molecule has 2 amide bonds. The first kappa shape index (κ1) is 22.5. The highest BCUT2D eigenvalue weighted by atomic mass is 35.5. The molecule has 2 fully saturated rings. The number of hydrogen-bond donors (Lipinski definition) is 2. The van der Waals surface area contributed by atoms with E-state index >= 15 is 0 Å². The van der Waals surface area contributed by atoms with Gasteiger partial charge in [0.1, 0.15) is 12.4 Å². The van der Waals surface area contributed by atoms with Crippen molar-refractivity contribution in [2.45, 2.75) is 51.0 Å². The highest BCUT2D eigenvalue weighted by Crippen LogP contribution is 2.38. The topological polar surface area (TPSA) is 84.7 Å². The number of rotatable bonds is 8. The summed E-state index contributed by atoms with van der Waals surface area (Å²) in [6.45, 7) is 2.10. The molecule has 3 rings (SSSR count). The first-order valence-corrected chi connectivity index (χ1v) is 10.1. The number of carbonyl (C=O) groups is 2. The van der Waals surface area contributed by atoms with Gasteiger partial charge in [0.2, 0.25) is 11.8 Å². The lowest BCUT2D eigenvalue weighted by molar-refractivity contribution is -0.128. The summed E-state index contributed by atoms with van der Waals surface area (Å²) in [6.07, 6.45) is 6.45. The molecule has 1 saturated heterocycles. The summed E-state index contributed by atoms with van der Waals surface area (Å²) in [5.41, 5.74) is 5.94. The fourth-order valence-corrected chi connectivity index (χ4v) is 4.25. The standard InChI is InChI=1S/C21H31N3O3.ClH/c22-16-21(9-5-2-6-10-21)14-19(25)23-17-13-20(26)24(15-17)11-12-27-18-7-3-1-4-8-18;/h1,3-4,7-8,17H,2,5-6,9-16,22H2,(H,23,25);1H. The SMILES string of the molecule is Cl.NCC1(CC(=O)NC2CC(=O)N(CCOc3ccccc3)C2)CCCCC1. The summed E-state index contributed by atoms with van der Waals surface area (Å²) < 4.78 is 5.67. The first-order chi connectivity index (χ1) is 13.1. The summed E-state index contributed by atoms with van der Waals surface area (Å²) in [6, 6.07) is 9.46. The molecule has 1 aliphatic heterocycles. The quantitative estimate of drug-likeness (QED) is 0.690. The molecule has 0 spiro atoms. The minimum absolute atomic E-state index is 0. The largest absolute Gasteiger partial charge is 0.492 e. The number of benzene rings is 1. The minimum Gasteiger partial charge on any atom is -0.492 e. The summed E-state index contributed by atoms with van der Waals surface area (Å²) in [5.74, 6) is 0.902. The van der Waals surface area contributed by atoms with E-state index in [2.05, 4.69) is 5.32 Å². The van der Waals surface area contributed by atoms with Crippen LogP contribution in [0, 0.1) is 5.41 Å². The summed E-state index contributed by atoms with van der Waals surface area (Å²) >= 11 is 0. The van der Waals surface area contributed by atoms with Gasteiger partial charge in [-0.2, -0.15) is 0 Å². The van der Waals surface area contributed by atoms with Gasteiger partial charge in [0.25, 0.3) is 0 Å². The molecule has 1 unspecified atom stereocenters. The number of ether oxygens (including phenoxy) is 1. The van der Waals surface area contributed by atoms with Crippen molar-refractivity contribution in [1.29, 1.82) is 0 Å². The Hall–Kier alpha value is -1.79. The average molecular weight is 410 g/mol. The van der Waals surface area contributed by atoms with E-state index in [4.69, 9.17) is 10.5 Å². The second-order valence-electron chi connectivity index (χ2n) is 7.91. The monoisotopic (exact) mass is 409 g/mol. The predicted octanol–water partition coefficient (Wildman–Crippen LogP) is 2.50. The molecule has 156 valence electrons. The van der Waals surface area contributed by atoms with Gasteiger partial charge in [-0.15, -0.1) is 12.4 Å². The van der Waals surface area contributed by atoms with Crippen LogP contribution in [0.2, 0.25) is 0 Å². The fourth-order valence-electron chi connectivity index (χ4n) is 4.25. The van der Waals surface area contributed by atoms with E-state index in [1.165, 1.54) is 6.42 Å². The average Bonchev–Trinajstić information content (AvgIpc) is 3.02. The maximum absolute atomic E-state index is 12.5. The number of halogens is 1. The lowest BCUT2D eigenvalue weighted by Crippen LogP contribution is -2.43. The van der Waals surface area contributed by atoms with Crippen molar-refractivity contribution >= 4 is 24.2 Å². The van der Waals surface area contributed by atoms with Gasteiger partial charge in [-0.3, -0.25) is 9.59 Å². The lowest BCUT2D eigenvalue weighted by Gasteiger charge is -2.35. The molecule has 2 aliphatic rings. The van der Waals surface area contributed by atoms with E-state index in [1.807, 2.05) is 30.3 Å². The van der Waals surface area contributed by atoms with Gasteiger partial charge < -0.3 is 20.7 Å². The van der Waals surface area contributed by atoms with Crippen molar-refractivity contribution in [3.63, 3.8) is 0 Å². The third kappa shape index (κ3) is 6.11. The van der Waals surface area contributed by atoms with Gasteiger partial charge in [0, 0.05) is 19.4 Å². The van der Waals surface area contributed by atoms with Crippen LogP contribution in [0.1, 0.15) is 44.9 Å². The molecule has 1 saturated carbocycles. The molecule has 6 nitrogen and oxygen atoms in total. The molecule has 1 heterocycles. The molecule has 7 heteroatoms. The second kappa shape index (κ2) is 10.7. The molecular formula is C21H32ClN3O3.